The smallest absolute Gasteiger partial charge is 0.346 e. The Labute approximate surface area is 72.8 Å². The number of nitrogens with zero attached hydrogens (tertiary/aromatic N) is 2. The maximum absolute atomic E-state index is 12.6. The summed E-state index contributed by atoms with van der Waals surface area (Å²) in [6, 6.07) is 1.40. The zero-order valence-corrected chi connectivity index (χ0v) is 7.05. The standard InChI is InChI=1S/C6H4FN3O2S/c7-13(11,12)6-4-1-2-8-5(4)9-3-10-6/h1-3H,(H,8,9,10). The van der Waals surface area contributed by atoms with Crippen LogP contribution in [0.15, 0.2) is 23.6 Å². The largest absolute Gasteiger partial charge is 0.350 e. The van der Waals surface area contributed by atoms with E-state index in [1.165, 1.54) is 12.3 Å². The first-order valence-electron chi connectivity index (χ1n) is 3.32. The summed E-state index contributed by atoms with van der Waals surface area (Å²) in [7, 11) is -4.77. The molecule has 13 heavy (non-hydrogen) atoms. The molecule has 0 saturated carbocycles. The van der Waals surface area contributed by atoms with E-state index >= 15 is 0 Å². The summed E-state index contributed by atoms with van der Waals surface area (Å²) < 4.78 is 33.7. The normalized spacial score (nSPS) is 12.1. The third-order valence-corrected chi connectivity index (χ3v) is 2.34. The minimum absolute atomic E-state index is 0.157. The van der Waals surface area contributed by atoms with Gasteiger partial charge in [-0.1, -0.05) is 3.89 Å². The lowest BCUT2D eigenvalue weighted by atomic mass is 10.4. The van der Waals surface area contributed by atoms with E-state index in [2.05, 4.69) is 15.0 Å². The van der Waals surface area contributed by atoms with Gasteiger partial charge >= 0.3 is 10.2 Å². The molecule has 0 aliphatic heterocycles. The molecule has 2 aromatic rings. The first-order valence-corrected chi connectivity index (χ1v) is 4.70. The van der Waals surface area contributed by atoms with E-state index in [4.69, 9.17) is 0 Å². The van der Waals surface area contributed by atoms with Crippen molar-refractivity contribution in [3.05, 3.63) is 18.6 Å². The van der Waals surface area contributed by atoms with E-state index in [0.717, 1.165) is 6.33 Å². The highest BCUT2D eigenvalue weighted by Crippen LogP contribution is 2.18. The Kier molecular flexibility index (Phi) is 1.56. The van der Waals surface area contributed by atoms with Crippen molar-refractivity contribution in [2.24, 2.45) is 0 Å². The van der Waals surface area contributed by atoms with Crippen molar-refractivity contribution >= 4 is 21.3 Å². The minimum Gasteiger partial charge on any atom is -0.346 e. The second-order valence-corrected chi connectivity index (χ2v) is 3.62. The summed E-state index contributed by atoms with van der Waals surface area (Å²) in [4.78, 5) is 9.72. The zero-order valence-electron chi connectivity index (χ0n) is 6.23. The summed E-state index contributed by atoms with van der Waals surface area (Å²) in [5.41, 5.74) is 0.297. The van der Waals surface area contributed by atoms with Crippen LogP contribution in [0.5, 0.6) is 0 Å². The van der Waals surface area contributed by atoms with Crippen molar-refractivity contribution in [2.75, 3.05) is 0 Å². The van der Waals surface area contributed by atoms with Crippen molar-refractivity contribution in [3.8, 4) is 0 Å². The molecule has 68 valence electrons. The molecule has 0 atom stereocenters. The van der Waals surface area contributed by atoms with Crippen LogP contribution in [0.2, 0.25) is 0 Å². The van der Waals surface area contributed by atoms with E-state index in [1.807, 2.05) is 0 Å². The van der Waals surface area contributed by atoms with Crippen molar-refractivity contribution < 1.29 is 12.3 Å². The molecule has 0 saturated heterocycles. The van der Waals surface area contributed by atoms with Gasteiger partial charge in [-0.05, 0) is 6.07 Å². The molecule has 0 radical (unpaired) electrons. The Bertz CT molecular complexity index is 548. The van der Waals surface area contributed by atoms with E-state index in [1.54, 1.807) is 0 Å². The predicted molar refractivity (Wildman–Crippen MR) is 42.2 cm³/mol. The molecule has 0 bridgehead atoms. The third-order valence-electron chi connectivity index (χ3n) is 1.55. The van der Waals surface area contributed by atoms with Crippen LogP contribution in [-0.4, -0.2) is 23.4 Å². The molecular weight excluding hydrogens is 197 g/mol. The molecule has 0 aliphatic carbocycles. The second kappa shape index (κ2) is 2.49. The monoisotopic (exact) mass is 201 g/mol. The van der Waals surface area contributed by atoms with Crippen molar-refractivity contribution in [3.63, 3.8) is 0 Å². The molecule has 2 aromatic heterocycles. The van der Waals surface area contributed by atoms with Crippen LogP contribution < -0.4 is 0 Å². The second-order valence-electron chi connectivity index (χ2n) is 2.36. The molecule has 0 amide bonds. The molecule has 1 N–H and O–H groups in total. The average Bonchev–Trinajstić information content (AvgIpc) is 2.48. The van der Waals surface area contributed by atoms with Gasteiger partial charge in [-0.2, -0.15) is 8.42 Å². The number of nitrogens with one attached hydrogen (secondary N) is 1. The number of aromatic nitrogens is 3. The number of fused-ring (bicyclic) bond motifs is 1. The average molecular weight is 201 g/mol. The summed E-state index contributed by atoms with van der Waals surface area (Å²) in [6.45, 7) is 0. The highest BCUT2D eigenvalue weighted by atomic mass is 32.3. The molecule has 2 heterocycles. The number of hydrogen-bond donors (Lipinski definition) is 1. The van der Waals surface area contributed by atoms with Gasteiger partial charge in [0.2, 0.25) is 0 Å². The highest BCUT2D eigenvalue weighted by molar-refractivity contribution is 7.86. The van der Waals surface area contributed by atoms with E-state index in [0.29, 0.717) is 5.65 Å². The van der Waals surface area contributed by atoms with Crippen LogP contribution in [0, 0.1) is 0 Å². The fourth-order valence-electron chi connectivity index (χ4n) is 1.04. The van der Waals surface area contributed by atoms with Gasteiger partial charge in [-0.15, -0.1) is 0 Å². The van der Waals surface area contributed by atoms with Crippen molar-refractivity contribution in [1.82, 2.24) is 15.0 Å². The quantitative estimate of drug-likeness (QED) is 0.542. The summed E-state index contributed by atoms with van der Waals surface area (Å²) in [6.07, 6.45) is 2.46. The maximum Gasteiger partial charge on any atom is 0.350 e. The Hall–Kier alpha value is -1.50. The number of H-pyrrole nitrogens is 1. The first-order chi connectivity index (χ1) is 6.09. The molecule has 7 heteroatoms. The molecule has 2 rings (SSSR count). The fourth-order valence-corrected chi connectivity index (χ4v) is 1.64. The summed E-state index contributed by atoms with van der Waals surface area (Å²) in [5.74, 6) is 0. The number of halogens is 1. The Balaban J connectivity index is 2.91. The molecule has 5 nitrogen and oxygen atoms in total. The Morgan fingerprint density at radius 2 is 2.15 bits per heavy atom. The van der Waals surface area contributed by atoms with Crippen molar-refractivity contribution in [2.45, 2.75) is 5.03 Å². The number of rotatable bonds is 1. The fraction of sp³-hybridized carbons (Fsp3) is 0. The van der Waals surface area contributed by atoms with Crippen LogP contribution in [0.25, 0.3) is 11.0 Å². The van der Waals surface area contributed by atoms with Crippen molar-refractivity contribution in [1.29, 1.82) is 0 Å². The molecule has 0 fully saturated rings. The van der Waals surface area contributed by atoms with E-state index < -0.39 is 15.2 Å². The van der Waals surface area contributed by atoms with Crippen LogP contribution in [0.3, 0.4) is 0 Å². The molecule has 0 aromatic carbocycles. The van der Waals surface area contributed by atoms with Crippen LogP contribution in [0.4, 0.5) is 3.89 Å². The lowest BCUT2D eigenvalue weighted by Crippen LogP contribution is -1.97. The van der Waals surface area contributed by atoms with Gasteiger partial charge in [-0.25, -0.2) is 9.97 Å². The zero-order chi connectivity index (χ0) is 9.47. The first kappa shape index (κ1) is 8.11. The summed E-state index contributed by atoms with van der Waals surface area (Å²) >= 11 is 0. The van der Waals surface area contributed by atoms with Gasteiger partial charge in [0.15, 0.2) is 5.03 Å². The van der Waals surface area contributed by atoms with E-state index in [9.17, 15) is 12.3 Å². The predicted octanol–water partition coefficient (Wildman–Crippen LogP) is 0.616. The SMILES string of the molecule is O=S(=O)(F)c1ncnc2[nH]ccc12. The maximum atomic E-state index is 12.6. The number of aromatic amines is 1. The molecule has 0 unspecified atom stereocenters. The highest BCUT2D eigenvalue weighted by Gasteiger charge is 2.18. The van der Waals surface area contributed by atoms with Gasteiger partial charge in [0.1, 0.15) is 12.0 Å². The van der Waals surface area contributed by atoms with Gasteiger partial charge < -0.3 is 4.98 Å². The molecule has 0 spiro atoms. The lowest BCUT2D eigenvalue weighted by molar-refractivity contribution is 0.549. The third kappa shape index (κ3) is 1.26. The summed E-state index contributed by atoms with van der Waals surface area (Å²) in [5, 5.41) is -0.441. The minimum atomic E-state index is -4.77. The van der Waals surface area contributed by atoms with Gasteiger partial charge in [-0.3, -0.25) is 0 Å². The Morgan fingerprint density at radius 1 is 1.38 bits per heavy atom. The van der Waals surface area contributed by atoms with Crippen LogP contribution in [0.1, 0.15) is 0 Å². The van der Waals surface area contributed by atoms with Gasteiger partial charge in [0.25, 0.3) is 0 Å². The van der Waals surface area contributed by atoms with Gasteiger partial charge in [0, 0.05) is 6.20 Å². The number of hydrogen-bond acceptors (Lipinski definition) is 4. The van der Waals surface area contributed by atoms with Gasteiger partial charge in [0.05, 0.1) is 5.39 Å². The Morgan fingerprint density at radius 3 is 2.85 bits per heavy atom. The van der Waals surface area contributed by atoms with Crippen LogP contribution >= 0.6 is 0 Å². The topological polar surface area (TPSA) is 75.7 Å². The molecule has 0 aliphatic rings. The van der Waals surface area contributed by atoms with E-state index in [-0.39, 0.29) is 5.39 Å². The molecular formula is C6H4FN3O2S. The van der Waals surface area contributed by atoms with Crippen LogP contribution in [-0.2, 0) is 10.2 Å². The lowest BCUT2D eigenvalue weighted by Gasteiger charge is -1.93.